The highest BCUT2D eigenvalue weighted by atomic mass is 16.5. The molecule has 0 bridgehead atoms. The van der Waals surface area contributed by atoms with E-state index in [1.165, 1.54) is 0 Å². The fourth-order valence-electron chi connectivity index (χ4n) is 3.94. The van der Waals surface area contributed by atoms with E-state index in [1.807, 2.05) is 37.3 Å². The number of rotatable bonds is 6. The fraction of sp³-hybridized carbons (Fsp3) is 0.526. The standard InChI is InChI=1S/C19H23NO5/c1-4-23-14-12-18(17(22)25-6-3)15(21)16(24-5-2)20-19(14,18)13-10-8-7-9-11-13/h7-11,14H,4-6,12H2,1-3H3/t14-,18+,19+/m0/s1. The molecule has 0 unspecified atom stereocenters. The Kier molecular flexibility index (Phi) is 4.64. The molecule has 1 heterocycles. The summed E-state index contributed by atoms with van der Waals surface area (Å²) < 4.78 is 16.6. The summed E-state index contributed by atoms with van der Waals surface area (Å²) in [4.78, 5) is 30.6. The molecule has 0 amide bonds. The zero-order chi connectivity index (χ0) is 18.1. The maximum atomic E-state index is 13.1. The number of benzene rings is 1. The molecule has 3 rings (SSSR count). The Bertz CT molecular complexity index is 701. The predicted molar refractivity (Wildman–Crippen MR) is 91.3 cm³/mol. The Morgan fingerprint density at radius 1 is 1.16 bits per heavy atom. The zero-order valence-corrected chi connectivity index (χ0v) is 14.8. The molecular formula is C19H23NO5. The van der Waals surface area contributed by atoms with Gasteiger partial charge in [0, 0.05) is 13.0 Å². The van der Waals surface area contributed by atoms with Crippen molar-refractivity contribution in [1.29, 1.82) is 0 Å². The quantitative estimate of drug-likeness (QED) is 0.584. The lowest BCUT2D eigenvalue weighted by Gasteiger charge is -2.55. The summed E-state index contributed by atoms with van der Waals surface area (Å²) in [6.07, 6.45) is -0.140. The van der Waals surface area contributed by atoms with Crippen molar-refractivity contribution in [3.63, 3.8) is 0 Å². The lowest BCUT2D eigenvalue weighted by atomic mass is 9.50. The number of ketones is 1. The van der Waals surface area contributed by atoms with Gasteiger partial charge in [-0.15, -0.1) is 0 Å². The van der Waals surface area contributed by atoms with E-state index in [4.69, 9.17) is 14.2 Å². The minimum atomic E-state index is -1.41. The highest BCUT2D eigenvalue weighted by Crippen LogP contribution is 2.64. The average Bonchev–Trinajstić information content (AvgIpc) is 2.80. The second kappa shape index (κ2) is 6.59. The van der Waals surface area contributed by atoms with Crippen LogP contribution >= 0.6 is 0 Å². The summed E-state index contributed by atoms with van der Waals surface area (Å²) in [5.41, 5.74) is -1.77. The van der Waals surface area contributed by atoms with E-state index >= 15 is 0 Å². The molecule has 6 heteroatoms. The number of carbonyl (C=O) groups is 2. The molecule has 0 N–H and O–H groups in total. The molecule has 0 saturated heterocycles. The summed E-state index contributed by atoms with van der Waals surface area (Å²) in [6, 6.07) is 9.33. The molecular weight excluding hydrogens is 322 g/mol. The van der Waals surface area contributed by atoms with Gasteiger partial charge in [0.2, 0.25) is 5.78 Å². The van der Waals surface area contributed by atoms with Gasteiger partial charge in [-0.05, 0) is 26.3 Å². The first kappa shape index (κ1) is 17.6. The highest BCUT2D eigenvalue weighted by Gasteiger charge is 2.80. The van der Waals surface area contributed by atoms with Gasteiger partial charge >= 0.3 is 5.97 Å². The molecule has 1 aromatic carbocycles. The van der Waals surface area contributed by atoms with Crippen molar-refractivity contribution in [2.75, 3.05) is 19.8 Å². The minimum Gasteiger partial charge on any atom is -0.476 e. The fourth-order valence-corrected chi connectivity index (χ4v) is 3.94. The first-order valence-electron chi connectivity index (χ1n) is 8.70. The third-order valence-corrected chi connectivity index (χ3v) is 4.95. The van der Waals surface area contributed by atoms with E-state index in [1.54, 1.807) is 13.8 Å². The summed E-state index contributed by atoms with van der Waals surface area (Å²) in [6.45, 7) is 6.35. The molecule has 1 aliphatic heterocycles. The molecule has 3 atom stereocenters. The van der Waals surface area contributed by atoms with Crippen LogP contribution in [0.2, 0.25) is 0 Å². The third kappa shape index (κ3) is 2.24. The van der Waals surface area contributed by atoms with Crippen LogP contribution in [-0.4, -0.2) is 43.6 Å². The van der Waals surface area contributed by atoms with Crippen molar-refractivity contribution in [2.24, 2.45) is 10.4 Å². The highest BCUT2D eigenvalue weighted by molar-refractivity contribution is 6.45. The maximum Gasteiger partial charge on any atom is 0.323 e. The molecule has 2 aliphatic rings. The van der Waals surface area contributed by atoms with Crippen LogP contribution in [0.3, 0.4) is 0 Å². The van der Waals surface area contributed by atoms with E-state index < -0.39 is 22.7 Å². The molecule has 134 valence electrons. The molecule has 1 saturated carbocycles. The van der Waals surface area contributed by atoms with Crippen molar-refractivity contribution in [2.45, 2.75) is 38.8 Å². The summed E-state index contributed by atoms with van der Waals surface area (Å²) in [5, 5.41) is 0. The number of aliphatic imine (C=N–C) groups is 1. The zero-order valence-electron chi connectivity index (χ0n) is 14.8. The van der Waals surface area contributed by atoms with Crippen LogP contribution < -0.4 is 0 Å². The molecule has 1 aromatic rings. The molecule has 6 nitrogen and oxygen atoms in total. The van der Waals surface area contributed by atoms with Crippen LogP contribution in [0.4, 0.5) is 0 Å². The summed E-state index contributed by atoms with van der Waals surface area (Å²) >= 11 is 0. The number of hydrogen-bond acceptors (Lipinski definition) is 6. The number of esters is 1. The van der Waals surface area contributed by atoms with Crippen LogP contribution in [-0.2, 0) is 29.3 Å². The molecule has 0 aromatic heterocycles. The van der Waals surface area contributed by atoms with Gasteiger partial charge in [0.25, 0.3) is 5.90 Å². The third-order valence-electron chi connectivity index (χ3n) is 4.95. The summed E-state index contributed by atoms with van der Waals surface area (Å²) in [7, 11) is 0. The van der Waals surface area contributed by atoms with Gasteiger partial charge in [-0.25, -0.2) is 4.99 Å². The van der Waals surface area contributed by atoms with Gasteiger partial charge in [-0.3, -0.25) is 9.59 Å². The molecule has 0 radical (unpaired) electrons. The smallest absolute Gasteiger partial charge is 0.323 e. The Balaban J connectivity index is 2.19. The second-order valence-electron chi connectivity index (χ2n) is 6.09. The first-order valence-corrected chi connectivity index (χ1v) is 8.70. The van der Waals surface area contributed by atoms with E-state index in [0.29, 0.717) is 13.2 Å². The molecule has 1 aliphatic carbocycles. The molecule has 25 heavy (non-hydrogen) atoms. The lowest BCUT2D eigenvalue weighted by Crippen LogP contribution is -2.69. The first-order chi connectivity index (χ1) is 12.1. The van der Waals surface area contributed by atoms with Crippen molar-refractivity contribution in [3.05, 3.63) is 35.9 Å². The predicted octanol–water partition coefficient (Wildman–Crippen LogP) is 2.26. The molecule has 0 spiro atoms. The average molecular weight is 345 g/mol. The normalized spacial score (nSPS) is 30.3. The monoisotopic (exact) mass is 345 g/mol. The van der Waals surface area contributed by atoms with Crippen LogP contribution in [0.1, 0.15) is 32.8 Å². The van der Waals surface area contributed by atoms with Crippen molar-refractivity contribution >= 4 is 17.7 Å². The van der Waals surface area contributed by atoms with Gasteiger partial charge in [-0.1, -0.05) is 30.3 Å². The van der Waals surface area contributed by atoms with E-state index in [9.17, 15) is 9.59 Å². The largest absolute Gasteiger partial charge is 0.476 e. The minimum absolute atomic E-state index is 0.0124. The maximum absolute atomic E-state index is 13.1. The number of carbonyl (C=O) groups excluding carboxylic acids is 2. The number of nitrogens with zero attached hydrogens (tertiary/aromatic N) is 1. The Morgan fingerprint density at radius 2 is 1.88 bits per heavy atom. The Labute approximate surface area is 147 Å². The second-order valence-corrected chi connectivity index (χ2v) is 6.09. The van der Waals surface area contributed by atoms with Crippen molar-refractivity contribution < 1.29 is 23.8 Å². The van der Waals surface area contributed by atoms with Crippen LogP contribution in [0.5, 0.6) is 0 Å². The number of ether oxygens (including phenoxy) is 3. The van der Waals surface area contributed by atoms with Crippen LogP contribution in [0.15, 0.2) is 35.3 Å². The van der Waals surface area contributed by atoms with Crippen LogP contribution in [0, 0.1) is 5.41 Å². The van der Waals surface area contributed by atoms with Crippen molar-refractivity contribution in [3.8, 4) is 0 Å². The van der Waals surface area contributed by atoms with Crippen molar-refractivity contribution in [1.82, 2.24) is 0 Å². The summed E-state index contributed by atoms with van der Waals surface area (Å²) in [5.74, 6) is -0.979. The van der Waals surface area contributed by atoms with Crippen LogP contribution in [0.25, 0.3) is 0 Å². The number of Topliss-reactive ketones (excluding diaryl/α,β-unsaturated/α-hetero) is 1. The van der Waals surface area contributed by atoms with Gasteiger partial charge < -0.3 is 14.2 Å². The van der Waals surface area contributed by atoms with E-state index in [2.05, 4.69) is 4.99 Å². The molecule has 1 fully saturated rings. The Morgan fingerprint density at radius 3 is 2.48 bits per heavy atom. The number of hydrogen-bond donors (Lipinski definition) is 0. The van der Waals surface area contributed by atoms with Gasteiger partial charge in [-0.2, -0.15) is 0 Å². The van der Waals surface area contributed by atoms with Gasteiger partial charge in [0.05, 0.1) is 19.3 Å². The number of fused-ring (bicyclic) bond motifs is 1. The van der Waals surface area contributed by atoms with E-state index in [0.717, 1.165) is 5.56 Å². The van der Waals surface area contributed by atoms with Gasteiger partial charge in [0.1, 0.15) is 5.54 Å². The topological polar surface area (TPSA) is 74.2 Å². The Hall–Kier alpha value is -2.21. The van der Waals surface area contributed by atoms with Gasteiger partial charge in [0.15, 0.2) is 5.41 Å². The SMILES string of the molecule is CCOC(=O)[C@]12C[C@H](OCC)[C@@]1(c1ccccc1)N=C(OCC)C2=O. The lowest BCUT2D eigenvalue weighted by molar-refractivity contribution is -0.195. The van der Waals surface area contributed by atoms with E-state index in [-0.39, 0.29) is 25.0 Å².